The third-order valence-electron chi connectivity index (χ3n) is 5.65. The number of fused-ring (bicyclic) bond motifs is 1. The maximum atomic E-state index is 12.8. The minimum Gasteiger partial charge on any atom is -0.493 e. The number of carboxylic acids is 1. The first kappa shape index (κ1) is 19.4. The summed E-state index contributed by atoms with van der Waals surface area (Å²) < 4.78 is 10.4. The lowest BCUT2D eigenvalue weighted by molar-refractivity contribution is -0.141. The van der Waals surface area contributed by atoms with Crippen molar-refractivity contribution in [3.63, 3.8) is 0 Å². The zero-order valence-electron chi connectivity index (χ0n) is 15.6. The number of hydrazone groups is 1. The van der Waals surface area contributed by atoms with Crippen LogP contribution in [0.2, 0.25) is 5.02 Å². The molecule has 4 atom stereocenters. The van der Waals surface area contributed by atoms with Gasteiger partial charge in [-0.1, -0.05) is 23.8 Å². The molecule has 1 saturated heterocycles. The Balaban J connectivity index is 1.56. The van der Waals surface area contributed by atoms with Crippen LogP contribution in [0.4, 0.5) is 0 Å². The second-order valence-electron chi connectivity index (χ2n) is 7.29. The van der Waals surface area contributed by atoms with E-state index in [1.807, 2.05) is 12.2 Å². The van der Waals surface area contributed by atoms with E-state index in [1.54, 1.807) is 0 Å². The van der Waals surface area contributed by atoms with Gasteiger partial charge >= 0.3 is 5.97 Å². The number of aliphatic carboxylic acids is 1. The van der Waals surface area contributed by atoms with E-state index >= 15 is 0 Å². The molecule has 4 aliphatic rings. The first-order chi connectivity index (χ1) is 13.9. The van der Waals surface area contributed by atoms with Gasteiger partial charge in [0.25, 0.3) is 11.8 Å². The number of hydrogen-bond donors (Lipinski definition) is 1. The van der Waals surface area contributed by atoms with Crippen molar-refractivity contribution in [2.45, 2.75) is 12.8 Å². The molecule has 1 saturated carbocycles. The SMILES string of the molecule is COc1cc(/C=N\N2C(=O)[C@@H]3[C@H](C2=O)[C@@H]2C=C[C@H]3CC2)cc(Cl)c1OCC(=O)O. The zero-order valence-corrected chi connectivity index (χ0v) is 16.3. The Kier molecular flexibility index (Phi) is 5.04. The van der Waals surface area contributed by atoms with Crippen LogP contribution in [-0.4, -0.2) is 47.8 Å². The molecule has 1 aliphatic heterocycles. The third kappa shape index (κ3) is 3.37. The second kappa shape index (κ2) is 7.51. The van der Waals surface area contributed by atoms with Gasteiger partial charge in [0.1, 0.15) is 0 Å². The van der Waals surface area contributed by atoms with Crippen molar-refractivity contribution in [1.29, 1.82) is 0 Å². The maximum absolute atomic E-state index is 12.8. The largest absolute Gasteiger partial charge is 0.493 e. The molecule has 1 aromatic rings. The number of methoxy groups -OCH3 is 1. The number of carbonyl (C=O) groups excluding carboxylic acids is 2. The number of carboxylic acid groups (broad SMARTS) is 1. The van der Waals surface area contributed by atoms with Crippen LogP contribution < -0.4 is 9.47 Å². The minimum atomic E-state index is -1.15. The van der Waals surface area contributed by atoms with Gasteiger partial charge in [-0.05, 0) is 42.4 Å². The number of halogens is 1. The summed E-state index contributed by atoms with van der Waals surface area (Å²) in [6.07, 6.45) is 7.30. The van der Waals surface area contributed by atoms with Crippen molar-refractivity contribution >= 4 is 35.6 Å². The Bertz CT molecular complexity index is 911. The van der Waals surface area contributed by atoms with Crippen LogP contribution >= 0.6 is 11.6 Å². The highest BCUT2D eigenvalue weighted by Gasteiger charge is 2.56. The molecule has 0 aromatic heterocycles. The molecular formula is C20H19ClN2O6. The second-order valence-corrected chi connectivity index (χ2v) is 7.70. The average molecular weight is 419 g/mol. The Labute approximate surface area is 171 Å². The average Bonchev–Trinajstić information content (AvgIpc) is 2.98. The predicted molar refractivity (Wildman–Crippen MR) is 103 cm³/mol. The monoisotopic (exact) mass is 418 g/mol. The Morgan fingerprint density at radius 1 is 1.24 bits per heavy atom. The molecule has 1 heterocycles. The number of nitrogens with zero attached hydrogens (tertiary/aromatic N) is 2. The van der Waals surface area contributed by atoms with Gasteiger partial charge in [0, 0.05) is 0 Å². The van der Waals surface area contributed by atoms with Crippen molar-refractivity contribution in [2.24, 2.45) is 28.8 Å². The standard InChI is InChI=1S/C20H19ClN2O6/c1-28-14-7-10(6-13(21)18(14)29-9-15(24)25)8-22-23-19(26)16-11-2-3-12(5-4-11)17(16)20(23)27/h2-3,6-8,11-12,16-17H,4-5,9H2,1H3,(H,24,25)/b22-8-/t11-,12+,16-,17+. The number of imide groups is 1. The van der Waals surface area contributed by atoms with Gasteiger partial charge < -0.3 is 14.6 Å². The number of carbonyl (C=O) groups is 3. The van der Waals surface area contributed by atoms with Crippen LogP contribution in [0.1, 0.15) is 18.4 Å². The van der Waals surface area contributed by atoms with Crippen molar-refractivity contribution in [1.82, 2.24) is 5.01 Å². The number of ether oxygens (including phenoxy) is 2. The van der Waals surface area contributed by atoms with E-state index in [2.05, 4.69) is 5.10 Å². The molecule has 0 unspecified atom stereocenters. The van der Waals surface area contributed by atoms with Crippen LogP contribution in [-0.2, 0) is 14.4 Å². The first-order valence-corrected chi connectivity index (χ1v) is 9.60. The molecule has 2 bridgehead atoms. The van der Waals surface area contributed by atoms with Crippen molar-refractivity contribution in [3.8, 4) is 11.5 Å². The summed E-state index contributed by atoms with van der Waals surface area (Å²) in [6, 6.07) is 3.03. The lowest BCUT2D eigenvalue weighted by Gasteiger charge is -2.37. The highest BCUT2D eigenvalue weighted by molar-refractivity contribution is 6.32. The summed E-state index contributed by atoms with van der Waals surface area (Å²) in [7, 11) is 1.39. The van der Waals surface area contributed by atoms with Crippen molar-refractivity contribution < 1.29 is 29.0 Å². The molecule has 0 spiro atoms. The van der Waals surface area contributed by atoms with E-state index in [0.29, 0.717) is 5.56 Å². The molecular weight excluding hydrogens is 400 g/mol. The molecule has 9 heteroatoms. The molecule has 3 aliphatic carbocycles. The Morgan fingerprint density at radius 3 is 2.38 bits per heavy atom. The number of allylic oxidation sites excluding steroid dienone is 2. The van der Waals surface area contributed by atoms with Gasteiger partial charge in [0.15, 0.2) is 18.1 Å². The van der Waals surface area contributed by atoms with E-state index in [9.17, 15) is 14.4 Å². The van der Waals surface area contributed by atoms with Crippen LogP contribution in [0, 0.1) is 23.7 Å². The minimum absolute atomic E-state index is 0.0933. The van der Waals surface area contributed by atoms with Crippen LogP contribution in [0.25, 0.3) is 0 Å². The Hall–Kier alpha value is -2.87. The topological polar surface area (TPSA) is 106 Å². The lowest BCUT2D eigenvalue weighted by atomic mass is 9.63. The normalized spacial score (nSPS) is 27.6. The molecule has 8 nitrogen and oxygen atoms in total. The van der Waals surface area contributed by atoms with E-state index in [1.165, 1.54) is 25.5 Å². The first-order valence-electron chi connectivity index (χ1n) is 9.23. The van der Waals surface area contributed by atoms with Gasteiger partial charge in [-0.25, -0.2) is 4.79 Å². The lowest BCUT2D eigenvalue weighted by Crippen LogP contribution is -2.38. The predicted octanol–water partition coefficient (Wildman–Crippen LogP) is 2.34. The summed E-state index contributed by atoms with van der Waals surface area (Å²) in [4.78, 5) is 36.3. The highest BCUT2D eigenvalue weighted by atomic mass is 35.5. The summed E-state index contributed by atoms with van der Waals surface area (Å²) in [5.41, 5.74) is 0.478. The van der Waals surface area contributed by atoms with Crippen molar-refractivity contribution in [3.05, 3.63) is 34.9 Å². The van der Waals surface area contributed by atoms with Crippen LogP contribution in [0.5, 0.6) is 11.5 Å². The molecule has 29 heavy (non-hydrogen) atoms. The molecule has 5 rings (SSSR count). The maximum Gasteiger partial charge on any atom is 0.341 e. The smallest absolute Gasteiger partial charge is 0.341 e. The third-order valence-corrected chi connectivity index (χ3v) is 5.93. The molecule has 1 N–H and O–H groups in total. The summed E-state index contributed by atoms with van der Waals surface area (Å²) in [6.45, 7) is -0.570. The molecule has 2 amide bonds. The molecule has 2 fully saturated rings. The van der Waals surface area contributed by atoms with Crippen LogP contribution in [0.3, 0.4) is 0 Å². The summed E-state index contributed by atoms with van der Waals surface area (Å²) in [5, 5.41) is 14.0. The van der Waals surface area contributed by atoms with Crippen molar-refractivity contribution in [2.75, 3.05) is 13.7 Å². The summed E-state index contributed by atoms with van der Waals surface area (Å²) >= 11 is 6.18. The van der Waals surface area contributed by atoms with Gasteiger partial charge in [0.2, 0.25) is 0 Å². The molecule has 1 aromatic carbocycles. The van der Waals surface area contributed by atoms with E-state index < -0.39 is 12.6 Å². The number of benzene rings is 1. The fourth-order valence-corrected chi connectivity index (χ4v) is 4.66. The summed E-state index contributed by atoms with van der Waals surface area (Å²) in [5.74, 6) is -1.83. The van der Waals surface area contributed by atoms with Gasteiger partial charge in [-0.2, -0.15) is 10.1 Å². The van der Waals surface area contributed by atoms with Gasteiger partial charge in [-0.15, -0.1) is 0 Å². The quantitative estimate of drug-likeness (QED) is 0.432. The molecule has 152 valence electrons. The number of rotatable bonds is 6. The number of amides is 2. The Morgan fingerprint density at radius 2 is 1.86 bits per heavy atom. The van der Waals surface area contributed by atoms with Gasteiger partial charge in [-0.3, -0.25) is 9.59 Å². The molecule has 0 radical (unpaired) electrons. The highest BCUT2D eigenvalue weighted by Crippen LogP contribution is 2.49. The van der Waals surface area contributed by atoms with Gasteiger partial charge in [0.05, 0.1) is 30.2 Å². The fourth-order valence-electron chi connectivity index (χ4n) is 4.38. The fraction of sp³-hybridized carbons (Fsp3) is 0.400. The van der Waals surface area contributed by atoms with Crippen LogP contribution in [0.15, 0.2) is 29.4 Å². The van der Waals surface area contributed by atoms with E-state index in [-0.39, 0.29) is 52.0 Å². The number of hydrogen-bond acceptors (Lipinski definition) is 6. The van der Waals surface area contributed by atoms with E-state index in [0.717, 1.165) is 17.9 Å². The zero-order chi connectivity index (χ0) is 20.7. The van der Waals surface area contributed by atoms with E-state index in [4.69, 9.17) is 26.2 Å².